The van der Waals surface area contributed by atoms with Crippen molar-refractivity contribution in [2.45, 2.75) is 164 Å². The number of rotatable bonds is 43. The van der Waals surface area contributed by atoms with Crippen LogP contribution in [0.25, 0.3) is 0 Å². The fourth-order valence-corrected chi connectivity index (χ4v) is 8.02. The van der Waals surface area contributed by atoms with Crippen molar-refractivity contribution in [2.75, 3.05) is 39.3 Å². The van der Waals surface area contributed by atoms with Crippen LogP contribution in [0.3, 0.4) is 0 Å². The molecular weight excluding hydrogens is 1030 g/mol. The lowest BCUT2D eigenvalue weighted by Crippen LogP contribution is -2.60. The Labute approximate surface area is 459 Å². The number of aromatic nitrogens is 4. The number of aromatic amines is 2. The molecule has 0 aliphatic rings. The standard InChI is InChI=1S/C48H88N22O9/c49-17-5-1-11-31(53)39(71)64-32(12-2-6-18-50)40(72)66-35(16-10-22-61-48(56)57)43(75)69-38(24-30-26-59-28-63-30)45(77)70-37(23-29-25-58-27-62-29)44(76)67-33(13-3-7-19-51)41(73)65-34(15-9-21-60-47(54)55)42(74)68-36(46(78)79)14-4-8-20-52/h25-28,31-38H,1-24,49-53H2,(H,58,62)(H,59,63)(H,64,71)(H,65,73)(H,66,72)(H,67,76)(H,68,74)(H,69,75)(H,70,77)(H,78,79)(H4,54,55,60)(H4,56,57,61)/t31-,32-,33-,34-,35-,36-,37-,38-/m0/s1. The highest BCUT2D eigenvalue weighted by molar-refractivity contribution is 5.97. The van der Waals surface area contributed by atoms with Crippen LogP contribution in [0.4, 0.5) is 0 Å². The van der Waals surface area contributed by atoms with Crippen molar-refractivity contribution in [3.05, 3.63) is 36.4 Å². The average molecular weight is 1120 g/mol. The molecule has 0 fully saturated rings. The van der Waals surface area contributed by atoms with Gasteiger partial charge in [-0.1, -0.05) is 6.42 Å². The van der Waals surface area contributed by atoms with Crippen LogP contribution in [0.15, 0.2) is 35.0 Å². The fraction of sp³-hybridized carbons (Fsp3) is 0.667. The van der Waals surface area contributed by atoms with Gasteiger partial charge in [-0.25, -0.2) is 14.8 Å². The van der Waals surface area contributed by atoms with Crippen LogP contribution in [-0.4, -0.2) is 172 Å². The molecule has 0 aliphatic heterocycles. The number of imidazole rings is 2. The Bertz CT molecular complexity index is 2190. The quantitative estimate of drug-likeness (QED) is 0.0167. The van der Waals surface area contributed by atoms with Gasteiger partial charge in [0, 0.05) is 49.7 Å². The van der Waals surface area contributed by atoms with Crippen molar-refractivity contribution in [3.8, 4) is 0 Å². The molecule has 28 N–H and O–H groups in total. The van der Waals surface area contributed by atoms with Gasteiger partial charge in [-0.2, -0.15) is 0 Å². The predicted molar refractivity (Wildman–Crippen MR) is 295 cm³/mol. The number of nitrogens with zero attached hydrogens (tertiary/aromatic N) is 4. The molecule has 0 unspecified atom stereocenters. The summed E-state index contributed by atoms with van der Waals surface area (Å²) in [6, 6.07) is -10.2. The summed E-state index contributed by atoms with van der Waals surface area (Å²) in [5.74, 6) is -7.14. The van der Waals surface area contributed by atoms with Gasteiger partial charge < -0.3 is 104 Å². The maximum atomic E-state index is 14.6. The van der Waals surface area contributed by atoms with Crippen molar-refractivity contribution < 1.29 is 43.5 Å². The van der Waals surface area contributed by atoms with Gasteiger partial charge in [0.15, 0.2) is 11.9 Å². The number of guanidine groups is 2. The normalized spacial score (nSPS) is 14.1. The van der Waals surface area contributed by atoms with Gasteiger partial charge in [0.1, 0.15) is 42.3 Å². The van der Waals surface area contributed by atoms with Crippen LogP contribution in [0.1, 0.15) is 114 Å². The zero-order chi connectivity index (χ0) is 58.5. The third-order valence-electron chi connectivity index (χ3n) is 12.4. The Balaban J connectivity index is 2.54. The Morgan fingerprint density at radius 1 is 0.430 bits per heavy atom. The number of nitrogens with two attached hydrogens (primary N) is 9. The summed E-state index contributed by atoms with van der Waals surface area (Å²) in [6.07, 6.45) is 9.94. The molecule has 79 heavy (non-hydrogen) atoms. The number of nitrogens with one attached hydrogen (secondary N) is 9. The maximum absolute atomic E-state index is 14.6. The number of H-pyrrole nitrogens is 2. The number of carbonyl (C=O) groups excluding carboxylic acids is 7. The molecule has 7 amide bonds. The van der Waals surface area contributed by atoms with E-state index < -0.39 is 95.7 Å². The first-order valence-corrected chi connectivity index (χ1v) is 26.8. The Kier molecular flexibility index (Phi) is 33.4. The number of hydrogen-bond donors (Lipinski definition) is 19. The molecule has 0 aromatic carbocycles. The molecule has 0 aliphatic carbocycles. The van der Waals surface area contributed by atoms with Gasteiger partial charge >= 0.3 is 5.97 Å². The lowest BCUT2D eigenvalue weighted by molar-refractivity contribution is -0.142. The zero-order valence-corrected chi connectivity index (χ0v) is 45.1. The second-order valence-corrected chi connectivity index (χ2v) is 19.0. The number of aliphatic carboxylic acids is 1. The number of carboxylic acids is 1. The minimum absolute atomic E-state index is 0.0205. The highest BCUT2D eigenvalue weighted by Gasteiger charge is 2.35. The van der Waals surface area contributed by atoms with Crippen LogP contribution in [0, 0.1) is 0 Å². The van der Waals surface area contributed by atoms with Crippen molar-refractivity contribution >= 4 is 59.2 Å². The lowest BCUT2D eigenvalue weighted by Gasteiger charge is -2.28. The molecule has 31 heteroatoms. The second kappa shape index (κ2) is 39.0. The highest BCUT2D eigenvalue weighted by Crippen LogP contribution is 2.12. The van der Waals surface area contributed by atoms with Gasteiger partial charge in [-0.05, 0) is 122 Å². The first-order valence-electron chi connectivity index (χ1n) is 26.8. The smallest absolute Gasteiger partial charge is 0.326 e. The molecule has 0 saturated heterocycles. The third-order valence-corrected chi connectivity index (χ3v) is 12.4. The summed E-state index contributed by atoms with van der Waals surface area (Å²) in [5, 5.41) is 28.6. The number of hydrogen-bond acceptors (Lipinski definition) is 17. The summed E-state index contributed by atoms with van der Waals surface area (Å²) < 4.78 is 0. The van der Waals surface area contributed by atoms with E-state index in [0.29, 0.717) is 88.8 Å². The molecule has 2 rings (SSSR count). The zero-order valence-electron chi connectivity index (χ0n) is 45.1. The first-order chi connectivity index (χ1) is 37.8. The minimum atomic E-state index is -1.45. The van der Waals surface area contributed by atoms with Crippen LogP contribution in [0.2, 0.25) is 0 Å². The van der Waals surface area contributed by atoms with Gasteiger partial charge in [-0.15, -0.1) is 0 Å². The Morgan fingerprint density at radius 3 is 1.04 bits per heavy atom. The molecule has 0 saturated carbocycles. The van der Waals surface area contributed by atoms with E-state index in [2.05, 4.69) is 67.1 Å². The average Bonchev–Trinajstić information content (AvgIpc) is 4.14. The van der Waals surface area contributed by atoms with E-state index in [-0.39, 0.29) is 89.3 Å². The number of unbranched alkanes of at least 4 members (excludes halogenated alkanes) is 4. The van der Waals surface area contributed by atoms with Gasteiger partial charge in [0.25, 0.3) is 0 Å². The van der Waals surface area contributed by atoms with Crippen LogP contribution >= 0.6 is 0 Å². The molecule has 0 spiro atoms. The Morgan fingerprint density at radius 2 is 0.722 bits per heavy atom. The van der Waals surface area contributed by atoms with E-state index in [4.69, 9.17) is 51.6 Å². The molecule has 444 valence electrons. The van der Waals surface area contributed by atoms with Gasteiger partial charge in [0.2, 0.25) is 41.4 Å². The first kappa shape index (κ1) is 67.6. The topological polar surface area (TPSA) is 557 Å². The SMILES string of the molecule is NCCCC[C@H](NC(=O)[C@H](CCCN=C(N)N)NC(=O)[C@H](CCCCN)NC(=O)[C@H](Cc1cnc[nH]1)NC(=O)[C@H](Cc1cnc[nH]1)NC(=O)[C@H](CCCN=C(N)N)NC(=O)[C@H](CCCCN)NC(=O)[C@@H](N)CCCCN)C(=O)O. The van der Waals surface area contributed by atoms with Crippen molar-refractivity contribution in [2.24, 2.45) is 61.6 Å². The monoisotopic (exact) mass is 1120 g/mol. The van der Waals surface area contributed by atoms with Crippen LogP contribution in [-0.2, 0) is 51.2 Å². The van der Waals surface area contributed by atoms with E-state index in [9.17, 15) is 43.5 Å². The lowest BCUT2D eigenvalue weighted by atomic mass is 10.0. The van der Waals surface area contributed by atoms with Crippen LogP contribution in [0.5, 0.6) is 0 Å². The van der Waals surface area contributed by atoms with Crippen molar-refractivity contribution in [3.63, 3.8) is 0 Å². The second-order valence-electron chi connectivity index (χ2n) is 19.0. The summed E-state index contributed by atoms with van der Waals surface area (Å²) in [5.41, 5.74) is 51.7. The van der Waals surface area contributed by atoms with E-state index in [1.165, 1.54) is 25.0 Å². The van der Waals surface area contributed by atoms with Gasteiger partial charge in [-0.3, -0.25) is 43.5 Å². The molecule has 0 radical (unpaired) electrons. The third kappa shape index (κ3) is 28.1. The molecule has 2 heterocycles. The summed E-state index contributed by atoms with van der Waals surface area (Å²) in [6.45, 7) is 1.45. The minimum Gasteiger partial charge on any atom is -0.480 e. The summed E-state index contributed by atoms with van der Waals surface area (Å²) in [4.78, 5) is 133. The summed E-state index contributed by atoms with van der Waals surface area (Å²) in [7, 11) is 0. The molecule has 0 bridgehead atoms. The number of aliphatic imine (C=N–C) groups is 2. The predicted octanol–water partition coefficient (Wildman–Crippen LogP) is -5.65. The number of carboxylic acid groups (broad SMARTS) is 1. The largest absolute Gasteiger partial charge is 0.480 e. The maximum Gasteiger partial charge on any atom is 0.326 e. The number of carbonyl (C=O) groups is 8. The Hall–Kier alpha value is -7.48. The summed E-state index contributed by atoms with van der Waals surface area (Å²) >= 11 is 0. The van der Waals surface area contributed by atoms with Crippen molar-refractivity contribution in [1.82, 2.24) is 57.2 Å². The van der Waals surface area contributed by atoms with E-state index in [1.54, 1.807) is 0 Å². The van der Waals surface area contributed by atoms with E-state index >= 15 is 0 Å². The number of amides is 7. The fourth-order valence-electron chi connectivity index (χ4n) is 8.02. The van der Waals surface area contributed by atoms with E-state index in [0.717, 1.165) is 0 Å². The van der Waals surface area contributed by atoms with Crippen LogP contribution < -0.4 is 88.8 Å². The van der Waals surface area contributed by atoms with Gasteiger partial charge in [0.05, 0.1) is 18.7 Å². The molecular formula is C48H88N22O9. The molecule has 31 nitrogen and oxygen atoms in total. The van der Waals surface area contributed by atoms with Crippen molar-refractivity contribution in [1.29, 1.82) is 0 Å². The highest BCUT2D eigenvalue weighted by atomic mass is 16.4. The van der Waals surface area contributed by atoms with E-state index in [1.807, 2.05) is 0 Å². The molecule has 2 aromatic heterocycles. The molecule has 2 aromatic rings. The molecule has 8 atom stereocenters.